The Morgan fingerprint density at radius 1 is 1.28 bits per heavy atom. The number of amides is 1. The molecule has 2 heterocycles. The van der Waals surface area contributed by atoms with E-state index in [9.17, 15) is 18.0 Å². The van der Waals surface area contributed by atoms with Crippen LogP contribution < -0.4 is 5.32 Å². The predicted octanol–water partition coefficient (Wildman–Crippen LogP) is 5.46. The molecule has 2 aromatic carbocycles. The number of hydrogen-bond donors (Lipinski definition) is 1. The molecule has 10 heteroatoms. The first-order valence-corrected chi connectivity index (χ1v) is 9.98. The van der Waals surface area contributed by atoms with Crippen molar-refractivity contribution in [3.63, 3.8) is 0 Å². The van der Waals surface area contributed by atoms with Gasteiger partial charge < -0.3 is 5.32 Å². The number of aliphatic imine (C=N–C) groups is 1. The number of nitrogens with one attached hydrogen (secondary N) is 1. The van der Waals surface area contributed by atoms with Crippen molar-refractivity contribution in [3.05, 3.63) is 58.6 Å². The van der Waals surface area contributed by atoms with Crippen molar-refractivity contribution < 1.29 is 18.0 Å². The average molecular weight is 439 g/mol. The molecule has 5 nitrogen and oxygen atoms in total. The summed E-state index contributed by atoms with van der Waals surface area (Å²) in [7, 11) is 0. The first-order valence-electron chi connectivity index (χ1n) is 8.61. The number of carbonyl (C=O) groups excluding carboxylic acids is 1. The monoisotopic (exact) mass is 438 g/mol. The summed E-state index contributed by atoms with van der Waals surface area (Å²) >= 11 is 6.79. The van der Waals surface area contributed by atoms with Gasteiger partial charge in [0.15, 0.2) is 5.17 Å². The highest BCUT2D eigenvalue weighted by atomic mass is 35.5. The molecule has 0 bridgehead atoms. The van der Waals surface area contributed by atoms with Crippen LogP contribution in [0.5, 0.6) is 0 Å². The van der Waals surface area contributed by atoms with Gasteiger partial charge in [-0.1, -0.05) is 41.6 Å². The Balaban J connectivity index is 1.48. The van der Waals surface area contributed by atoms with Crippen LogP contribution in [0.2, 0.25) is 5.02 Å². The SMILES string of the molecule is O=C(CSC1=Nc2ccccc2C2CC=NN12)Nc1ccc(Cl)cc1C(F)(F)F. The summed E-state index contributed by atoms with van der Waals surface area (Å²) in [6, 6.07) is 10.9. The largest absolute Gasteiger partial charge is 0.418 e. The van der Waals surface area contributed by atoms with Crippen molar-refractivity contribution in [3.8, 4) is 0 Å². The number of thioether (sulfide) groups is 1. The van der Waals surface area contributed by atoms with Gasteiger partial charge in [0, 0.05) is 23.2 Å². The molecule has 0 saturated heterocycles. The number of nitrogens with zero attached hydrogens (tertiary/aromatic N) is 3. The quantitative estimate of drug-likeness (QED) is 0.691. The Hall–Kier alpha value is -2.52. The molecule has 0 radical (unpaired) electrons. The van der Waals surface area contributed by atoms with Gasteiger partial charge in [0.05, 0.1) is 28.7 Å². The summed E-state index contributed by atoms with van der Waals surface area (Å²) in [4.78, 5) is 16.9. The average Bonchev–Trinajstić information content (AvgIpc) is 3.17. The molecule has 2 aliphatic heterocycles. The molecule has 0 spiro atoms. The van der Waals surface area contributed by atoms with Gasteiger partial charge in [-0.25, -0.2) is 10.0 Å². The third kappa shape index (κ3) is 4.11. The number of halogens is 4. The molecule has 29 heavy (non-hydrogen) atoms. The highest BCUT2D eigenvalue weighted by Gasteiger charge is 2.35. The molecule has 1 amide bonds. The predicted molar refractivity (Wildman–Crippen MR) is 109 cm³/mol. The second kappa shape index (κ2) is 7.72. The third-order valence-electron chi connectivity index (χ3n) is 4.43. The van der Waals surface area contributed by atoms with Crippen molar-refractivity contribution in [1.82, 2.24) is 5.01 Å². The van der Waals surface area contributed by atoms with E-state index in [2.05, 4.69) is 15.4 Å². The second-order valence-corrected chi connectivity index (χ2v) is 7.75. The normalized spacial score (nSPS) is 17.6. The molecule has 0 aromatic heterocycles. The number of hydrogen-bond acceptors (Lipinski definition) is 5. The number of carbonyl (C=O) groups is 1. The Labute approximate surface area is 173 Å². The third-order valence-corrected chi connectivity index (χ3v) is 5.61. The minimum Gasteiger partial charge on any atom is -0.325 e. The lowest BCUT2D eigenvalue weighted by Gasteiger charge is -2.29. The van der Waals surface area contributed by atoms with Crippen LogP contribution in [0.1, 0.15) is 23.6 Å². The molecule has 1 N–H and O–H groups in total. The molecular formula is C19H14ClF3N4OS. The smallest absolute Gasteiger partial charge is 0.325 e. The minimum atomic E-state index is -4.63. The van der Waals surface area contributed by atoms with Crippen molar-refractivity contribution in [2.75, 3.05) is 11.1 Å². The van der Waals surface area contributed by atoms with E-state index >= 15 is 0 Å². The highest BCUT2D eigenvalue weighted by Crippen LogP contribution is 2.41. The molecule has 1 unspecified atom stereocenters. The Bertz CT molecular complexity index is 1020. The lowest BCUT2D eigenvalue weighted by Crippen LogP contribution is -2.29. The number of anilines is 1. The van der Waals surface area contributed by atoms with Crippen LogP contribution >= 0.6 is 23.4 Å². The summed E-state index contributed by atoms with van der Waals surface area (Å²) in [5, 5.41) is 8.84. The Morgan fingerprint density at radius 2 is 2.07 bits per heavy atom. The first-order chi connectivity index (χ1) is 13.8. The van der Waals surface area contributed by atoms with Crippen LogP contribution in [0.15, 0.2) is 52.6 Å². The number of rotatable bonds is 3. The highest BCUT2D eigenvalue weighted by molar-refractivity contribution is 8.14. The fourth-order valence-electron chi connectivity index (χ4n) is 3.16. The Morgan fingerprint density at radius 3 is 2.86 bits per heavy atom. The summed E-state index contributed by atoms with van der Waals surface area (Å²) < 4.78 is 39.6. The van der Waals surface area contributed by atoms with E-state index in [1.165, 1.54) is 6.07 Å². The number of benzene rings is 2. The molecule has 0 fully saturated rings. The van der Waals surface area contributed by atoms with Crippen molar-refractivity contribution in [1.29, 1.82) is 0 Å². The van der Waals surface area contributed by atoms with E-state index in [1.54, 1.807) is 11.2 Å². The van der Waals surface area contributed by atoms with Gasteiger partial charge in [0.2, 0.25) is 5.91 Å². The molecule has 150 valence electrons. The van der Waals surface area contributed by atoms with Gasteiger partial charge >= 0.3 is 6.18 Å². The van der Waals surface area contributed by atoms with Gasteiger partial charge in [-0.2, -0.15) is 18.3 Å². The topological polar surface area (TPSA) is 57.1 Å². The lowest BCUT2D eigenvalue weighted by atomic mass is 10.0. The molecular weight excluding hydrogens is 425 g/mol. The van der Waals surface area contributed by atoms with E-state index in [0.717, 1.165) is 41.6 Å². The molecule has 2 aromatic rings. The van der Waals surface area contributed by atoms with Crippen molar-refractivity contribution >= 4 is 52.0 Å². The molecule has 0 saturated carbocycles. The number of para-hydroxylation sites is 1. The first kappa shape index (κ1) is 19.8. The lowest BCUT2D eigenvalue weighted by molar-refractivity contribution is -0.137. The summed E-state index contributed by atoms with van der Waals surface area (Å²) in [6.07, 6.45) is -2.12. The van der Waals surface area contributed by atoms with E-state index in [-0.39, 0.29) is 22.5 Å². The fourth-order valence-corrected chi connectivity index (χ4v) is 4.13. The molecule has 4 rings (SSSR count). The maximum absolute atomic E-state index is 13.2. The molecule has 1 atom stereocenters. The summed E-state index contributed by atoms with van der Waals surface area (Å²) in [5.74, 6) is -0.691. The number of hydrazone groups is 1. The zero-order valence-corrected chi connectivity index (χ0v) is 16.4. The summed E-state index contributed by atoms with van der Waals surface area (Å²) in [5.41, 5.74) is 0.533. The van der Waals surface area contributed by atoms with E-state index < -0.39 is 17.6 Å². The van der Waals surface area contributed by atoms with Gasteiger partial charge in [-0.3, -0.25) is 4.79 Å². The molecule has 0 aliphatic carbocycles. The van der Waals surface area contributed by atoms with Crippen LogP contribution in [-0.2, 0) is 11.0 Å². The zero-order valence-electron chi connectivity index (χ0n) is 14.8. The number of amidine groups is 1. The van der Waals surface area contributed by atoms with E-state index in [1.807, 2.05) is 24.3 Å². The van der Waals surface area contributed by atoms with E-state index in [4.69, 9.17) is 11.6 Å². The van der Waals surface area contributed by atoms with Crippen molar-refractivity contribution in [2.45, 2.75) is 18.6 Å². The van der Waals surface area contributed by atoms with Crippen LogP contribution in [-0.4, -0.2) is 28.1 Å². The maximum atomic E-state index is 13.2. The number of fused-ring (bicyclic) bond motifs is 3. The van der Waals surface area contributed by atoms with Gasteiger partial charge in [-0.15, -0.1) is 0 Å². The zero-order chi connectivity index (χ0) is 20.6. The summed E-state index contributed by atoms with van der Waals surface area (Å²) in [6.45, 7) is 0. The minimum absolute atomic E-state index is 0.0161. The van der Waals surface area contributed by atoms with Crippen LogP contribution in [0.3, 0.4) is 0 Å². The van der Waals surface area contributed by atoms with Crippen molar-refractivity contribution in [2.24, 2.45) is 10.1 Å². The second-order valence-electron chi connectivity index (χ2n) is 6.37. The fraction of sp³-hybridized carbons (Fsp3) is 0.211. The van der Waals surface area contributed by atoms with Gasteiger partial charge in [0.1, 0.15) is 0 Å². The van der Waals surface area contributed by atoms with Gasteiger partial charge in [-0.05, 0) is 24.3 Å². The van der Waals surface area contributed by atoms with Crippen LogP contribution in [0, 0.1) is 0 Å². The Kier molecular flexibility index (Phi) is 5.26. The number of alkyl halides is 3. The molecule has 2 aliphatic rings. The van der Waals surface area contributed by atoms with Gasteiger partial charge in [0.25, 0.3) is 0 Å². The standard InChI is InChI=1S/C19H14ClF3N4OS/c20-11-5-6-15(13(9-11)19(21,22)23)25-17(28)10-29-18-26-14-4-2-1-3-12(14)16-7-8-24-27(16)18/h1-6,8-9,16H,7,10H2,(H,25,28). The van der Waals surface area contributed by atoms with E-state index in [0.29, 0.717) is 5.17 Å². The van der Waals surface area contributed by atoms with Crippen LogP contribution in [0.25, 0.3) is 0 Å². The van der Waals surface area contributed by atoms with Crippen LogP contribution in [0.4, 0.5) is 24.5 Å². The maximum Gasteiger partial charge on any atom is 0.418 e.